The molecular weight excluding hydrogens is 410 g/mol. The van der Waals surface area contributed by atoms with Crippen LogP contribution in [0.5, 0.6) is 0 Å². The third kappa shape index (κ3) is 3.89. The van der Waals surface area contributed by atoms with E-state index in [0.717, 1.165) is 59.2 Å². The third-order valence-electron chi connectivity index (χ3n) is 6.39. The van der Waals surface area contributed by atoms with Crippen molar-refractivity contribution in [2.75, 3.05) is 29.4 Å². The van der Waals surface area contributed by atoms with Crippen LogP contribution in [0.15, 0.2) is 30.6 Å². The first-order chi connectivity index (χ1) is 15.3. The summed E-state index contributed by atoms with van der Waals surface area (Å²) in [6.45, 7) is 7.68. The van der Waals surface area contributed by atoms with Gasteiger partial charge in [0.15, 0.2) is 0 Å². The van der Waals surface area contributed by atoms with Crippen LogP contribution < -0.4 is 9.80 Å². The van der Waals surface area contributed by atoms with E-state index in [-0.39, 0.29) is 13.0 Å². The van der Waals surface area contributed by atoms with Gasteiger partial charge in [-0.2, -0.15) is 0 Å². The molecule has 5 heterocycles. The molecule has 8 heteroatoms. The fourth-order valence-corrected chi connectivity index (χ4v) is 4.50. The summed E-state index contributed by atoms with van der Waals surface area (Å²) in [5.74, 6) is -0.275. The Morgan fingerprint density at radius 2 is 1.75 bits per heavy atom. The van der Waals surface area contributed by atoms with Crippen LogP contribution in [0.1, 0.15) is 34.8 Å². The van der Waals surface area contributed by atoms with Gasteiger partial charge in [0.05, 0.1) is 6.54 Å². The monoisotopic (exact) mass is 436 g/mol. The second-order valence-electron chi connectivity index (χ2n) is 8.74. The summed E-state index contributed by atoms with van der Waals surface area (Å²) in [6, 6.07) is 5.91. The number of halogens is 2. The standard InChI is InChI=1S/C24H26F2N6/c1-15-16(2)29-17(3)30-23(15)31-8-6-21-20(13-31)10-19(12-27-21)18-4-5-22(28-11-18)32-9-7-24(25,26)14-32/h4-5,10-12H,6-9,13-14H2,1-3H3. The summed E-state index contributed by atoms with van der Waals surface area (Å²) in [5.41, 5.74) is 6.29. The minimum Gasteiger partial charge on any atom is -0.351 e. The van der Waals surface area contributed by atoms with Gasteiger partial charge in [-0.3, -0.25) is 4.98 Å². The lowest BCUT2D eigenvalue weighted by atomic mass is 10.0. The minimum absolute atomic E-state index is 0.119. The fourth-order valence-electron chi connectivity index (χ4n) is 4.50. The Kier molecular flexibility index (Phi) is 5.03. The summed E-state index contributed by atoms with van der Waals surface area (Å²) < 4.78 is 27.0. The van der Waals surface area contributed by atoms with Crippen LogP contribution in [0.3, 0.4) is 0 Å². The Labute approximate surface area is 186 Å². The van der Waals surface area contributed by atoms with Gasteiger partial charge in [-0.15, -0.1) is 0 Å². The Bertz CT molecular complexity index is 1160. The molecule has 3 aromatic rings. The molecule has 166 valence electrons. The predicted octanol–water partition coefficient (Wildman–Crippen LogP) is 4.27. The second kappa shape index (κ2) is 7.76. The van der Waals surface area contributed by atoms with E-state index < -0.39 is 5.92 Å². The van der Waals surface area contributed by atoms with Gasteiger partial charge in [-0.05, 0) is 44.5 Å². The average Bonchev–Trinajstić information content (AvgIpc) is 3.15. The van der Waals surface area contributed by atoms with Crippen LogP contribution in [0.25, 0.3) is 11.1 Å². The molecule has 0 aliphatic carbocycles. The van der Waals surface area contributed by atoms with Crippen LogP contribution in [-0.2, 0) is 13.0 Å². The maximum absolute atomic E-state index is 13.5. The zero-order valence-corrected chi connectivity index (χ0v) is 18.6. The molecule has 6 nitrogen and oxygen atoms in total. The van der Waals surface area contributed by atoms with E-state index in [1.54, 1.807) is 11.1 Å². The maximum atomic E-state index is 13.5. The van der Waals surface area contributed by atoms with E-state index in [9.17, 15) is 8.78 Å². The summed E-state index contributed by atoms with van der Waals surface area (Å²) in [4.78, 5) is 22.2. The van der Waals surface area contributed by atoms with E-state index in [1.807, 2.05) is 32.2 Å². The number of anilines is 2. The van der Waals surface area contributed by atoms with Crippen molar-refractivity contribution in [3.05, 3.63) is 58.9 Å². The molecule has 0 bridgehead atoms. The van der Waals surface area contributed by atoms with Gasteiger partial charge in [0, 0.05) is 72.9 Å². The lowest BCUT2D eigenvalue weighted by molar-refractivity contribution is 0.0256. The summed E-state index contributed by atoms with van der Waals surface area (Å²) in [7, 11) is 0. The van der Waals surface area contributed by atoms with Crippen molar-refractivity contribution in [1.82, 2.24) is 19.9 Å². The highest BCUT2D eigenvalue weighted by molar-refractivity contribution is 5.65. The number of nitrogens with zero attached hydrogens (tertiary/aromatic N) is 6. The first kappa shape index (κ1) is 20.7. The quantitative estimate of drug-likeness (QED) is 0.611. The molecule has 2 aliphatic rings. The topological polar surface area (TPSA) is 58.0 Å². The molecule has 1 saturated heterocycles. The van der Waals surface area contributed by atoms with Crippen molar-refractivity contribution in [2.24, 2.45) is 0 Å². The van der Waals surface area contributed by atoms with Gasteiger partial charge < -0.3 is 9.80 Å². The first-order valence-corrected chi connectivity index (χ1v) is 10.9. The Morgan fingerprint density at radius 1 is 0.938 bits per heavy atom. The highest BCUT2D eigenvalue weighted by Crippen LogP contribution is 2.32. The lowest BCUT2D eigenvalue weighted by Crippen LogP contribution is -2.32. The zero-order chi connectivity index (χ0) is 22.5. The van der Waals surface area contributed by atoms with Crippen LogP contribution in [0.4, 0.5) is 20.4 Å². The number of aryl methyl sites for hydroxylation is 2. The summed E-state index contributed by atoms with van der Waals surface area (Å²) in [6.07, 6.45) is 4.36. The third-order valence-corrected chi connectivity index (χ3v) is 6.39. The molecule has 0 radical (unpaired) electrons. The molecule has 0 atom stereocenters. The van der Waals surface area contributed by atoms with Crippen molar-refractivity contribution in [1.29, 1.82) is 0 Å². The lowest BCUT2D eigenvalue weighted by Gasteiger charge is -2.31. The van der Waals surface area contributed by atoms with Crippen LogP contribution in [-0.4, -0.2) is 45.5 Å². The number of hydrogen-bond acceptors (Lipinski definition) is 6. The normalized spacial score (nSPS) is 17.5. The molecule has 0 aromatic carbocycles. The smallest absolute Gasteiger partial charge is 0.266 e. The van der Waals surface area contributed by atoms with Crippen LogP contribution >= 0.6 is 0 Å². The summed E-state index contributed by atoms with van der Waals surface area (Å²) >= 11 is 0. The maximum Gasteiger partial charge on any atom is 0.266 e. The molecule has 2 aliphatic heterocycles. The van der Waals surface area contributed by atoms with Crippen LogP contribution in [0, 0.1) is 20.8 Å². The largest absolute Gasteiger partial charge is 0.351 e. The van der Waals surface area contributed by atoms with Crippen LogP contribution in [0.2, 0.25) is 0 Å². The molecule has 3 aromatic heterocycles. The van der Waals surface area contributed by atoms with E-state index in [4.69, 9.17) is 9.97 Å². The van der Waals surface area contributed by atoms with Gasteiger partial charge in [-0.1, -0.05) is 0 Å². The number of hydrogen-bond donors (Lipinski definition) is 0. The number of alkyl halides is 2. The van der Waals surface area contributed by atoms with E-state index in [1.165, 1.54) is 5.56 Å². The number of aromatic nitrogens is 4. The predicted molar refractivity (Wildman–Crippen MR) is 120 cm³/mol. The SMILES string of the molecule is Cc1nc(C)c(C)c(N2CCc3ncc(-c4ccc(N5CCC(F)(F)C5)nc4)cc3C2)n1. The average molecular weight is 437 g/mol. The fraction of sp³-hybridized carbons (Fsp3) is 0.417. The van der Waals surface area contributed by atoms with Crippen molar-refractivity contribution in [2.45, 2.75) is 46.1 Å². The molecule has 0 amide bonds. The highest BCUT2D eigenvalue weighted by Gasteiger charge is 2.38. The zero-order valence-electron chi connectivity index (χ0n) is 18.6. The van der Waals surface area contributed by atoms with E-state index in [0.29, 0.717) is 12.4 Å². The molecule has 32 heavy (non-hydrogen) atoms. The summed E-state index contributed by atoms with van der Waals surface area (Å²) in [5, 5.41) is 0. The van der Waals surface area contributed by atoms with Gasteiger partial charge in [0.2, 0.25) is 0 Å². The highest BCUT2D eigenvalue weighted by atomic mass is 19.3. The molecule has 0 N–H and O–H groups in total. The molecule has 0 saturated carbocycles. The van der Waals surface area contributed by atoms with Gasteiger partial charge in [-0.25, -0.2) is 23.7 Å². The minimum atomic E-state index is -2.63. The van der Waals surface area contributed by atoms with Gasteiger partial charge >= 0.3 is 0 Å². The number of rotatable bonds is 3. The Balaban J connectivity index is 1.38. The first-order valence-electron chi connectivity index (χ1n) is 10.9. The van der Waals surface area contributed by atoms with E-state index in [2.05, 4.69) is 27.9 Å². The van der Waals surface area contributed by atoms with E-state index >= 15 is 0 Å². The van der Waals surface area contributed by atoms with Crippen molar-refractivity contribution in [3.8, 4) is 11.1 Å². The number of pyridine rings is 2. The van der Waals surface area contributed by atoms with Gasteiger partial charge in [0.25, 0.3) is 5.92 Å². The van der Waals surface area contributed by atoms with Crippen molar-refractivity contribution >= 4 is 11.6 Å². The van der Waals surface area contributed by atoms with Crippen molar-refractivity contribution < 1.29 is 8.78 Å². The molecular formula is C24H26F2N6. The second-order valence-corrected chi connectivity index (χ2v) is 8.74. The molecule has 1 fully saturated rings. The number of fused-ring (bicyclic) bond motifs is 1. The molecule has 0 spiro atoms. The van der Waals surface area contributed by atoms with Gasteiger partial charge in [0.1, 0.15) is 17.5 Å². The Morgan fingerprint density at radius 3 is 2.47 bits per heavy atom. The molecule has 0 unspecified atom stereocenters. The van der Waals surface area contributed by atoms with Crippen molar-refractivity contribution in [3.63, 3.8) is 0 Å². The Hall–Kier alpha value is -3.16. The molecule has 5 rings (SSSR count).